The van der Waals surface area contributed by atoms with Gasteiger partial charge in [-0.15, -0.1) is 0 Å². The van der Waals surface area contributed by atoms with Crippen molar-refractivity contribution in [3.63, 3.8) is 0 Å². The first-order valence-electron chi connectivity index (χ1n) is 9.97. The minimum absolute atomic E-state index is 0.0767. The molecule has 1 aromatic carbocycles. The Morgan fingerprint density at radius 2 is 1.71 bits per heavy atom. The van der Waals surface area contributed by atoms with Crippen molar-refractivity contribution in [2.45, 2.75) is 25.6 Å². The van der Waals surface area contributed by atoms with Crippen LogP contribution < -0.4 is 16.0 Å². The van der Waals surface area contributed by atoms with Crippen LogP contribution in [0.3, 0.4) is 0 Å². The van der Waals surface area contributed by atoms with Crippen molar-refractivity contribution in [1.29, 1.82) is 0 Å². The molecule has 4 rings (SSSR count). The van der Waals surface area contributed by atoms with Crippen LogP contribution in [0.15, 0.2) is 24.3 Å². The highest BCUT2D eigenvalue weighted by molar-refractivity contribution is 5.78. The fourth-order valence-corrected chi connectivity index (χ4v) is 3.53. The third-order valence-corrected chi connectivity index (χ3v) is 5.12. The molecule has 0 amide bonds. The highest BCUT2D eigenvalue weighted by Crippen LogP contribution is 2.40. The van der Waals surface area contributed by atoms with Crippen LogP contribution >= 0.6 is 0 Å². The number of halogens is 6. The number of benzene rings is 1. The highest BCUT2D eigenvalue weighted by Gasteiger charge is 2.38. The van der Waals surface area contributed by atoms with Gasteiger partial charge in [-0.1, -0.05) is 0 Å². The first-order chi connectivity index (χ1) is 15.8. The Morgan fingerprint density at radius 1 is 1.09 bits per heavy atom. The summed E-state index contributed by atoms with van der Waals surface area (Å²) in [5, 5.41) is 27.3. The maximum atomic E-state index is 12.9. The molecule has 2 aliphatic heterocycles. The van der Waals surface area contributed by atoms with E-state index in [0.717, 1.165) is 44.0 Å². The lowest BCUT2D eigenvalue weighted by molar-refractivity contribution is -0.192. The van der Waals surface area contributed by atoms with Crippen LogP contribution in [0.5, 0.6) is 5.75 Å². The summed E-state index contributed by atoms with van der Waals surface area (Å²) in [5.41, 5.74) is 0.998. The number of carboxylic acid groups (broad SMARTS) is 1. The first kappa shape index (κ1) is 25.4. The lowest BCUT2D eigenvalue weighted by Crippen LogP contribution is -2.52. The predicted octanol–water partition coefficient (Wildman–Crippen LogP) is 3.44. The van der Waals surface area contributed by atoms with Gasteiger partial charge in [0.25, 0.3) is 0 Å². The number of aromatic nitrogens is 1. The van der Waals surface area contributed by atoms with Crippen molar-refractivity contribution in [3.8, 4) is 17.0 Å². The fraction of sp³-hybridized carbons (Fsp3) is 0.400. The fourth-order valence-electron chi connectivity index (χ4n) is 3.53. The van der Waals surface area contributed by atoms with Gasteiger partial charge in [0, 0.05) is 31.7 Å². The lowest BCUT2D eigenvalue weighted by Gasteiger charge is -2.32. The number of hydrogen-bond donors (Lipinski definition) is 5. The van der Waals surface area contributed by atoms with Gasteiger partial charge in [-0.2, -0.15) is 26.3 Å². The minimum atomic E-state index is -5.08. The van der Waals surface area contributed by atoms with Gasteiger partial charge in [-0.05, 0) is 36.8 Å². The molecule has 3 heterocycles. The summed E-state index contributed by atoms with van der Waals surface area (Å²) in [6.45, 7) is 5.14. The molecule has 1 aromatic heterocycles. The lowest BCUT2D eigenvalue weighted by atomic mass is 10.00. The molecule has 186 valence electrons. The van der Waals surface area contributed by atoms with Gasteiger partial charge in [0.15, 0.2) is 12.1 Å². The minimum Gasteiger partial charge on any atom is -0.507 e. The van der Waals surface area contributed by atoms with Gasteiger partial charge in [0.05, 0.1) is 16.9 Å². The van der Waals surface area contributed by atoms with E-state index in [2.05, 4.69) is 25.8 Å². The Kier molecular flexibility index (Phi) is 7.12. The van der Waals surface area contributed by atoms with Crippen molar-refractivity contribution in [2.24, 2.45) is 0 Å². The number of anilines is 2. The molecule has 1 saturated heterocycles. The van der Waals surface area contributed by atoms with Crippen LogP contribution in [0, 0.1) is 6.92 Å². The van der Waals surface area contributed by atoms with E-state index >= 15 is 0 Å². The van der Waals surface area contributed by atoms with Gasteiger partial charge in [-0.3, -0.25) is 4.90 Å². The first-order valence-corrected chi connectivity index (χ1v) is 9.97. The second-order valence-electron chi connectivity index (χ2n) is 7.56. The third kappa shape index (κ3) is 5.80. The Labute approximate surface area is 189 Å². The summed E-state index contributed by atoms with van der Waals surface area (Å²) >= 11 is 0. The second kappa shape index (κ2) is 9.54. The topological polar surface area (TPSA) is 110 Å². The number of rotatable bonds is 2. The maximum Gasteiger partial charge on any atom is 0.490 e. The van der Waals surface area contributed by atoms with Crippen LogP contribution in [0.25, 0.3) is 11.3 Å². The average molecular weight is 493 g/mol. The molecule has 0 saturated carbocycles. The zero-order valence-corrected chi connectivity index (χ0v) is 17.7. The summed E-state index contributed by atoms with van der Waals surface area (Å²) in [7, 11) is 0. The number of aliphatic carboxylic acids is 1. The van der Waals surface area contributed by atoms with E-state index in [1.165, 1.54) is 6.92 Å². The number of nitrogens with one attached hydrogen (secondary N) is 3. The average Bonchev–Trinajstić information content (AvgIpc) is 3.16. The Morgan fingerprint density at radius 3 is 2.24 bits per heavy atom. The number of pyridine rings is 1. The number of phenolic OH excluding ortho intramolecular Hbond substituents is 1. The molecule has 5 N–H and O–H groups in total. The molecule has 0 bridgehead atoms. The molecular weight excluding hydrogens is 472 g/mol. The Balaban J connectivity index is 0.000000406. The predicted molar refractivity (Wildman–Crippen MR) is 110 cm³/mol. The molecule has 0 radical (unpaired) electrons. The number of alkyl halides is 6. The number of piperazine rings is 1. The van der Waals surface area contributed by atoms with Crippen LogP contribution in [-0.2, 0) is 11.0 Å². The second-order valence-corrected chi connectivity index (χ2v) is 7.56. The molecule has 2 aromatic rings. The number of phenols is 1. The van der Waals surface area contributed by atoms with E-state index < -0.39 is 29.6 Å². The van der Waals surface area contributed by atoms with E-state index in [1.807, 2.05) is 6.07 Å². The molecule has 2 aliphatic rings. The van der Waals surface area contributed by atoms with Crippen molar-refractivity contribution in [3.05, 3.63) is 35.4 Å². The number of nitrogens with zero attached hydrogens (tertiary/aromatic N) is 2. The standard InChI is InChI=1S/C18H20F3N5O.C2HF3O2/c1-10-8-11(18(19,20)21)9-14(27)15(10)12-2-3-13-16(23-12)25-17(24-13)26-6-4-22-5-7-26;3-2(4,5)1(6)7/h2-3,8-9,17,22,24,27H,4-7H2,1H3,(H,23,25);(H,6,7). The maximum absolute atomic E-state index is 12.9. The number of fused-ring (bicyclic) bond motifs is 1. The molecule has 1 atom stereocenters. The van der Waals surface area contributed by atoms with Gasteiger partial charge in [-0.25, -0.2) is 9.78 Å². The zero-order chi connectivity index (χ0) is 25.3. The van der Waals surface area contributed by atoms with Gasteiger partial charge < -0.3 is 26.2 Å². The molecule has 0 spiro atoms. The molecule has 8 nitrogen and oxygen atoms in total. The molecule has 34 heavy (non-hydrogen) atoms. The number of aromatic hydroxyl groups is 1. The van der Waals surface area contributed by atoms with E-state index in [-0.39, 0.29) is 6.29 Å². The summed E-state index contributed by atoms with van der Waals surface area (Å²) in [5.74, 6) is -2.57. The largest absolute Gasteiger partial charge is 0.507 e. The van der Waals surface area contributed by atoms with Gasteiger partial charge >= 0.3 is 18.3 Å². The van der Waals surface area contributed by atoms with Crippen molar-refractivity contribution < 1.29 is 41.4 Å². The van der Waals surface area contributed by atoms with Gasteiger partial charge in [0.2, 0.25) is 0 Å². The van der Waals surface area contributed by atoms with Crippen LogP contribution in [0.4, 0.5) is 37.8 Å². The number of carbonyl (C=O) groups is 1. The summed E-state index contributed by atoms with van der Waals surface area (Å²) < 4.78 is 70.5. The van der Waals surface area contributed by atoms with Crippen molar-refractivity contribution >= 4 is 17.5 Å². The summed E-state index contributed by atoms with van der Waals surface area (Å²) in [4.78, 5) is 15.7. The molecule has 1 fully saturated rings. The van der Waals surface area contributed by atoms with Crippen LogP contribution in [0.1, 0.15) is 11.1 Å². The van der Waals surface area contributed by atoms with Crippen molar-refractivity contribution in [2.75, 3.05) is 36.8 Å². The number of aryl methyl sites for hydroxylation is 1. The molecule has 14 heteroatoms. The van der Waals surface area contributed by atoms with E-state index in [9.17, 15) is 31.4 Å². The smallest absolute Gasteiger partial charge is 0.490 e. The monoisotopic (exact) mass is 493 g/mol. The number of hydrogen-bond acceptors (Lipinski definition) is 7. The zero-order valence-electron chi connectivity index (χ0n) is 17.7. The SMILES string of the molecule is Cc1cc(C(F)(F)F)cc(O)c1-c1ccc2c(n1)NC(N1CCNCC1)N2.O=C(O)C(F)(F)F. The summed E-state index contributed by atoms with van der Waals surface area (Å²) in [6.07, 6.45) is -9.67. The van der Waals surface area contributed by atoms with E-state index in [1.54, 1.807) is 6.07 Å². The third-order valence-electron chi connectivity index (χ3n) is 5.12. The summed E-state index contributed by atoms with van der Waals surface area (Å²) in [6, 6.07) is 5.29. The van der Waals surface area contributed by atoms with Crippen LogP contribution in [-0.4, -0.2) is 64.7 Å². The molecular formula is C20H21F6N5O3. The number of carboxylic acids is 1. The quantitative estimate of drug-likeness (QED) is 0.405. The molecule has 1 unspecified atom stereocenters. The Hall–Kier alpha value is -3.26. The van der Waals surface area contributed by atoms with Crippen molar-refractivity contribution in [1.82, 2.24) is 15.2 Å². The van der Waals surface area contributed by atoms with Crippen LogP contribution in [0.2, 0.25) is 0 Å². The van der Waals surface area contributed by atoms with E-state index in [0.29, 0.717) is 22.6 Å². The normalized spacial score (nSPS) is 18.3. The van der Waals surface area contributed by atoms with E-state index in [4.69, 9.17) is 9.90 Å². The Bertz CT molecular complexity index is 1030. The molecule has 0 aliphatic carbocycles. The van der Waals surface area contributed by atoms with Gasteiger partial charge in [0.1, 0.15) is 5.75 Å². The highest BCUT2D eigenvalue weighted by atomic mass is 19.4.